The van der Waals surface area contributed by atoms with Gasteiger partial charge in [0.2, 0.25) is 0 Å². The van der Waals surface area contributed by atoms with Crippen molar-refractivity contribution in [3.63, 3.8) is 0 Å². The van der Waals surface area contributed by atoms with Crippen molar-refractivity contribution in [1.29, 1.82) is 0 Å². The van der Waals surface area contributed by atoms with E-state index < -0.39 is 113 Å². The Labute approximate surface area is 306 Å². The summed E-state index contributed by atoms with van der Waals surface area (Å²) in [5, 5.41) is 0. The monoisotopic (exact) mass is 816 g/mol. The van der Waals surface area contributed by atoms with Crippen molar-refractivity contribution in [1.82, 2.24) is 0 Å². The van der Waals surface area contributed by atoms with Crippen molar-refractivity contribution in [2.24, 2.45) is 0 Å². The summed E-state index contributed by atoms with van der Waals surface area (Å²) in [5.74, 6) is -26.0. The predicted molar refractivity (Wildman–Crippen MR) is 181 cm³/mol. The van der Waals surface area contributed by atoms with Crippen LogP contribution in [0.2, 0.25) is 0 Å². The third-order valence-electron chi connectivity index (χ3n) is 10.2. The molecule has 2 unspecified atom stereocenters. The van der Waals surface area contributed by atoms with E-state index in [0.29, 0.717) is 8.84 Å². The molecule has 5 aromatic carbocycles. The maximum atomic E-state index is 15.7. The van der Waals surface area contributed by atoms with Gasteiger partial charge in [0, 0.05) is 0 Å². The Bertz CT molecular complexity index is 2190. The predicted octanol–water partition coefficient (Wildman–Crippen LogP) is 9.75. The first-order chi connectivity index (χ1) is 24.8. The third-order valence-corrected chi connectivity index (χ3v) is 17.1. The van der Waals surface area contributed by atoms with E-state index in [-0.39, 0.29) is 16.8 Å². The van der Waals surface area contributed by atoms with Crippen LogP contribution in [0.4, 0.5) is 43.9 Å². The fraction of sp³-hybridized carbons (Fsp3) is 0.179. The van der Waals surface area contributed by atoms with E-state index >= 15 is 17.6 Å². The molecular formula is C39H26BF10PZr. The molecule has 0 nitrogen and oxygen atoms in total. The summed E-state index contributed by atoms with van der Waals surface area (Å²) in [5.41, 5.74) is 2.31. The molecule has 2 atom stereocenters. The third kappa shape index (κ3) is 5.49. The molecule has 0 fully saturated rings. The summed E-state index contributed by atoms with van der Waals surface area (Å²) in [4.78, 5) is 0. The molecule has 5 aromatic rings. The van der Waals surface area contributed by atoms with Gasteiger partial charge >= 0.3 is 308 Å². The average Bonchev–Trinajstić information content (AvgIpc) is 3.63. The Hall–Kier alpha value is -3.48. The summed E-state index contributed by atoms with van der Waals surface area (Å²) in [6, 6.07) is 20.5. The number of rotatable bonds is 8. The Morgan fingerprint density at radius 2 is 0.981 bits per heavy atom. The Morgan fingerprint density at radius 1 is 0.538 bits per heavy atom. The van der Waals surface area contributed by atoms with Crippen molar-refractivity contribution in [2.75, 3.05) is 12.3 Å². The molecule has 0 bridgehead atoms. The Morgan fingerprint density at radius 3 is 1.50 bits per heavy atom. The van der Waals surface area contributed by atoms with Gasteiger partial charge in [-0.1, -0.05) is 0 Å². The van der Waals surface area contributed by atoms with Gasteiger partial charge in [0.15, 0.2) is 0 Å². The van der Waals surface area contributed by atoms with Crippen molar-refractivity contribution in [2.45, 2.75) is 32.2 Å². The quantitative estimate of drug-likeness (QED) is 0.0482. The molecule has 0 saturated carbocycles. The van der Waals surface area contributed by atoms with E-state index in [4.69, 9.17) is 0 Å². The molecule has 0 spiro atoms. The van der Waals surface area contributed by atoms with E-state index in [1.54, 1.807) is 12.1 Å². The summed E-state index contributed by atoms with van der Waals surface area (Å²) in [7, 11) is -0.500. The second-order valence-electron chi connectivity index (χ2n) is 12.7. The molecule has 0 N–H and O–H groups in total. The van der Waals surface area contributed by atoms with Crippen LogP contribution in [0.1, 0.15) is 54.5 Å². The van der Waals surface area contributed by atoms with E-state index in [0.717, 1.165) is 26.7 Å². The number of fused-ring (bicyclic) bond motifs is 4. The normalized spacial score (nSPS) is 16.0. The van der Waals surface area contributed by atoms with Crippen LogP contribution in [-0.4, -0.2) is 19.0 Å². The summed E-state index contributed by atoms with van der Waals surface area (Å²) < 4.78 is 152. The maximum absolute atomic E-state index is 15.7. The van der Waals surface area contributed by atoms with Crippen molar-refractivity contribution >= 4 is 32.1 Å². The number of benzene rings is 5. The van der Waals surface area contributed by atoms with Gasteiger partial charge in [-0.05, 0) is 0 Å². The van der Waals surface area contributed by atoms with Crippen LogP contribution in [-0.2, 0) is 23.2 Å². The molecule has 0 heterocycles. The topological polar surface area (TPSA) is 0 Å². The Kier molecular flexibility index (Phi) is 9.97. The van der Waals surface area contributed by atoms with E-state index in [1.807, 2.05) is 24.3 Å². The van der Waals surface area contributed by atoms with Gasteiger partial charge in [0.25, 0.3) is 0 Å². The van der Waals surface area contributed by atoms with Gasteiger partial charge in [-0.3, -0.25) is 0 Å². The second-order valence-corrected chi connectivity index (χ2v) is 18.8. The molecule has 0 radical (unpaired) electrons. The summed E-state index contributed by atoms with van der Waals surface area (Å²) in [6.45, 7) is 3.29. The standard InChI is InChI=1S/C22H8BF10.C17H18P.Zr/c1-7-6-8-4-2-3-5-9(8)10(7)23(11-13(24)17(28)21(32)18(29)14(11)25)12-15(26)19(30)22(33)20(31)16(12)27;1-3-18(4-2)17-15-11-7-5-9-13(15)14-10-6-8-12-16(14)17;/h2-5,10H,1H3;5-11,17H,3-4H2,1-2H3;. The van der Waals surface area contributed by atoms with Gasteiger partial charge in [-0.15, -0.1) is 0 Å². The van der Waals surface area contributed by atoms with Crippen LogP contribution >= 0.6 is 7.92 Å². The summed E-state index contributed by atoms with van der Waals surface area (Å²) >= 11 is -2.02. The van der Waals surface area contributed by atoms with Gasteiger partial charge < -0.3 is 0 Å². The van der Waals surface area contributed by atoms with E-state index in [9.17, 15) is 26.3 Å². The zero-order valence-electron chi connectivity index (χ0n) is 27.7. The van der Waals surface area contributed by atoms with Crippen LogP contribution in [0.5, 0.6) is 0 Å². The zero-order valence-corrected chi connectivity index (χ0v) is 31.1. The molecular weight excluding hydrogens is 791 g/mol. The fourth-order valence-corrected chi connectivity index (χ4v) is 14.5. The first-order valence-corrected chi connectivity index (χ1v) is 20.6. The molecule has 2 aliphatic rings. The molecule has 0 saturated heterocycles. The molecule has 2 aliphatic carbocycles. The van der Waals surface area contributed by atoms with Crippen LogP contribution in [0.3, 0.4) is 0 Å². The molecule has 13 heteroatoms. The van der Waals surface area contributed by atoms with Crippen molar-refractivity contribution in [3.8, 4) is 11.1 Å². The first-order valence-electron chi connectivity index (χ1n) is 16.4. The second kappa shape index (κ2) is 14.1. The van der Waals surface area contributed by atoms with E-state index in [2.05, 4.69) is 32.0 Å². The number of halogens is 10. The molecule has 264 valence electrons. The molecule has 0 aliphatic heterocycles. The molecule has 52 heavy (non-hydrogen) atoms. The van der Waals surface area contributed by atoms with Crippen LogP contribution in [0, 0.1) is 58.2 Å². The number of allylic oxidation sites excluding steroid dienone is 1. The zero-order chi connectivity index (χ0) is 37.3. The summed E-state index contributed by atoms with van der Waals surface area (Å²) in [6.07, 6.45) is 1.92. The minimum absolute atomic E-state index is 0.121. The molecule has 0 aromatic heterocycles. The Balaban J connectivity index is 1.49. The van der Waals surface area contributed by atoms with Gasteiger partial charge in [0.1, 0.15) is 0 Å². The van der Waals surface area contributed by atoms with Crippen LogP contribution < -0.4 is 14.2 Å². The SMILES string of the molecule is CCP(CC)C1c2ccccc2-c2ccc[c]([Zr][C]3=C(C)C(B(c4c(F)c(F)c(F)c(F)c4F)c4c(F)c(F)c(F)c(F)c4F)c4ccccc43)c21. The van der Waals surface area contributed by atoms with Crippen LogP contribution in [0.15, 0.2) is 72.3 Å². The van der Waals surface area contributed by atoms with Gasteiger partial charge in [0.05, 0.1) is 0 Å². The van der Waals surface area contributed by atoms with Gasteiger partial charge in [-0.25, -0.2) is 0 Å². The minimum atomic E-state index is -2.54. The van der Waals surface area contributed by atoms with Crippen molar-refractivity contribution < 1.29 is 67.1 Å². The first kappa shape index (κ1) is 36.9. The fourth-order valence-electron chi connectivity index (χ4n) is 7.90. The van der Waals surface area contributed by atoms with Crippen molar-refractivity contribution in [3.05, 3.63) is 153 Å². The average molecular weight is 818 g/mol. The van der Waals surface area contributed by atoms with Gasteiger partial charge in [-0.2, -0.15) is 0 Å². The molecule has 0 amide bonds. The number of hydrogen-bond acceptors (Lipinski definition) is 0. The number of hydrogen-bond donors (Lipinski definition) is 0. The molecule has 7 rings (SSSR count). The van der Waals surface area contributed by atoms with E-state index in [1.165, 1.54) is 30.2 Å². The van der Waals surface area contributed by atoms with Crippen LogP contribution in [0.25, 0.3) is 14.4 Å².